The molecule has 0 aliphatic carbocycles. The van der Waals surface area contributed by atoms with E-state index in [0.29, 0.717) is 6.61 Å². The third-order valence-corrected chi connectivity index (χ3v) is 2.76. The van der Waals surface area contributed by atoms with E-state index >= 15 is 0 Å². The molecule has 2 N–H and O–H groups in total. The molecule has 5 nitrogen and oxygen atoms in total. The number of hydrogen-bond donors (Lipinski definition) is 2. The van der Waals surface area contributed by atoms with E-state index in [1.54, 1.807) is 7.05 Å². The van der Waals surface area contributed by atoms with Crippen LogP contribution in [0, 0.1) is 0 Å². The van der Waals surface area contributed by atoms with Gasteiger partial charge in [0.15, 0.2) is 5.96 Å². The predicted octanol–water partition coefficient (Wildman–Crippen LogP) is 0.925. The number of nitrogens with one attached hydrogen (secondary N) is 2. The normalized spacial score (nSPS) is 16.3. The zero-order valence-electron chi connectivity index (χ0n) is 11.5. The average molecular weight is 255 g/mol. The Balaban J connectivity index is 2.09. The fourth-order valence-corrected chi connectivity index (χ4v) is 1.74. The molecule has 1 heterocycles. The molecule has 18 heavy (non-hydrogen) atoms. The molecular formula is C13H25N3O2. The predicted molar refractivity (Wildman–Crippen MR) is 74.0 cm³/mol. The fourth-order valence-electron chi connectivity index (χ4n) is 1.74. The maximum absolute atomic E-state index is 5.28. The standard InChI is InChI=1S/C13H25N3O2/c1-3-17-11-8-16-13(14-2)15-7-4-12-5-9-18-10-6-12/h5H,3-4,6-11H2,1-2H3,(H2,14,15,16). The van der Waals surface area contributed by atoms with E-state index in [0.717, 1.165) is 51.7 Å². The highest BCUT2D eigenvalue weighted by atomic mass is 16.5. The van der Waals surface area contributed by atoms with Gasteiger partial charge in [0, 0.05) is 26.7 Å². The van der Waals surface area contributed by atoms with Gasteiger partial charge in [-0.3, -0.25) is 4.99 Å². The summed E-state index contributed by atoms with van der Waals surface area (Å²) in [6.07, 6.45) is 4.28. The molecule has 0 spiro atoms. The number of ether oxygens (including phenoxy) is 2. The monoisotopic (exact) mass is 255 g/mol. The van der Waals surface area contributed by atoms with Gasteiger partial charge in [0.1, 0.15) is 0 Å². The summed E-state index contributed by atoms with van der Waals surface area (Å²) in [5, 5.41) is 6.51. The van der Waals surface area contributed by atoms with E-state index in [9.17, 15) is 0 Å². The lowest BCUT2D eigenvalue weighted by Gasteiger charge is -2.15. The van der Waals surface area contributed by atoms with Gasteiger partial charge in [-0.25, -0.2) is 0 Å². The number of guanidine groups is 1. The Labute approximate surface area is 110 Å². The summed E-state index contributed by atoms with van der Waals surface area (Å²) in [4.78, 5) is 4.16. The summed E-state index contributed by atoms with van der Waals surface area (Å²) >= 11 is 0. The van der Waals surface area contributed by atoms with Crippen molar-refractivity contribution in [2.24, 2.45) is 4.99 Å². The molecule has 0 aromatic carbocycles. The first kappa shape index (κ1) is 15.0. The van der Waals surface area contributed by atoms with Crippen LogP contribution in [0.1, 0.15) is 19.8 Å². The Kier molecular flexibility index (Phi) is 8.25. The van der Waals surface area contributed by atoms with Crippen LogP contribution in [-0.2, 0) is 9.47 Å². The van der Waals surface area contributed by atoms with Crippen LogP contribution < -0.4 is 10.6 Å². The van der Waals surface area contributed by atoms with Gasteiger partial charge in [-0.1, -0.05) is 11.6 Å². The molecule has 0 unspecified atom stereocenters. The average Bonchev–Trinajstić information content (AvgIpc) is 2.42. The van der Waals surface area contributed by atoms with E-state index < -0.39 is 0 Å². The molecule has 1 rings (SSSR count). The summed E-state index contributed by atoms with van der Waals surface area (Å²) in [5.74, 6) is 0.836. The highest BCUT2D eigenvalue weighted by molar-refractivity contribution is 5.79. The molecule has 1 aliphatic rings. The highest BCUT2D eigenvalue weighted by Gasteiger charge is 2.03. The minimum atomic E-state index is 0.708. The fraction of sp³-hybridized carbons (Fsp3) is 0.769. The van der Waals surface area contributed by atoms with E-state index in [-0.39, 0.29) is 0 Å². The molecule has 0 radical (unpaired) electrons. The summed E-state index contributed by atoms with van der Waals surface area (Å²) < 4.78 is 10.5. The number of rotatable bonds is 7. The molecular weight excluding hydrogens is 230 g/mol. The minimum absolute atomic E-state index is 0.708. The van der Waals surface area contributed by atoms with E-state index in [2.05, 4.69) is 21.7 Å². The molecule has 104 valence electrons. The van der Waals surface area contributed by atoms with Crippen molar-refractivity contribution in [1.82, 2.24) is 10.6 Å². The topological polar surface area (TPSA) is 54.9 Å². The zero-order chi connectivity index (χ0) is 13.1. The summed E-state index contributed by atoms with van der Waals surface area (Å²) in [6.45, 7) is 6.76. The van der Waals surface area contributed by atoms with Gasteiger partial charge in [-0.05, 0) is 19.8 Å². The zero-order valence-corrected chi connectivity index (χ0v) is 11.5. The second-order valence-corrected chi connectivity index (χ2v) is 4.06. The SMILES string of the molecule is CCOCCNC(=NC)NCCC1=CCOCC1. The van der Waals surface area contributed by atoms with Crippen molar-refractivity contribution in [3.63, 3.8) is 0 Å². The van der Waals surface area contributed by atoms with Crippen LogP contribution in [0.2, 0.25) is 0 Å². The van der Waals surface area contributed by atoms with Gasteiger partial charge < -0.3 is 20.1 Å². The van der Waals surface area contributed by atoms with Crippen LogP contribution in [0.25, 0.3) is 0 Å². The Hall–Kier alpha value is -1.07. The van der Waals surface area contributed by atoms with Crippen molar-refractivity contribution in [2.75, 3.05) is 46.6 Å². The number of aliphatic imine (C=N–C) groups is 1. The molecule has 0 saturated carbocycles. The van der Waals surface area contributed by atoms with E-state index in [4.69, 9.17) is 9.47 Å². The maximum Gasteiger partial charge on any atom is 0.191 e. The number of nitrogens with zero attached hydrogens (tertiary/aromatic N) is 1. The summed E-state index contributed by atoms with van der Waals surface area (Å²) in [7, 11) is 1.78. The molecule has 5 heteroatoms. The largest absolute Gasteiger partial charge is 0.380 e. The van der Waals surface area contributed by atoms with E-state index in [1.165, 1.54) is 5.57 Å². The number of hydrogen-bond acceptors (Lipinski definition) is 3. The second kappa shape index (κ2) is 9.91. The minimum Gasteiger partial charge on any atom is -0.380 e. The van der Waals surface area contributed by atoms with Crippen LogP contribution in [0.3, 0.4) is 0 Å². The van der Waals surface area contributed by atoms with Gasteiger partial charge in [0.25, 0.3) is 0 Å². The van der Waals surface area contributed by atoms with Crippen molar-refractivity contribution in [1.29, 1.82) is 0 Å². The summed E-state index contributed by atoms with van der Waals surface area (Å²) in [5.41, 5.74) is 1.47. The quantitative estimate of drug-likeness (QED) is 0.307. The Morgan fingerprint density at radius 3 is 2.94 bits per heavy atom. The molecule has 1 aliphatic heterocycles. The first-order chi connectivity index (χ1) is 8.86. The molecule has 0 atom stereocenters. The van der Waals surface area contributed by atoms with Crippen molar-refractivity contribution in [2.45, 2.75) is 19.8 Å². The molecule has 0 saturated heterocycles. The van der Waals surface area contributed by atoms with Crippen LogP contribution in [0.4, 0.5) is 0 Å². The van der Waals surface area contributed by atoms with Crippen molar-refractivity contribution in [3.05, 3.63) is 11.6 Å². The van der Waals surface area contributed by atoms with Crippen molar-refractivity contribution >= 4 is 5.96 Å². The molecule has 0 aromatic rings. The van der Waals surface area contributed by atoms with Crippen LogP contribution in [0.5, 0.6) is 0 Å². The maximum atomic E-state index is 5.28. The third-order valence-electron chi connectivity index (χ3n) is 2.76. The lowest BCUT2D eigenvalue weighted by atomic mass is 10.1. The van der Waals surface area contributed by atoms with Gasteiger partial charge in [0.2, 0.25) is 0 Å². The van der Waals surface area contributed by atoms with E-state index in [1.807, 2.05) is 6.92 Å². The Morgan fingerprint density at radius 2 is 2.28 bits per heavy atom. The summed E-state index contributed by atoms with van der Waals surface area (Å²) in [6, 6.07) is 0. The van der Waals surface area contributed by atoms with Gasteiger partial charge in [-0.2, -0.15) is 0 Å². The highest BCUT2D eigenvalue weighted by Crippen LogP contribution is 2.10. The van der Waals surface area contributed by atoms with Crippen LogP contribution >= 0.6 is 0 Å². The van der Waals surface area contributed by atoms with Crippen LogP contribution in [-0.4, -0.2) is 52.5 Å². The third kappa shape index (κ3) is 6.61. The van der Waals surface area contributed by atoms with Gasteiger partial charge in [-0.15, -0.1) is 0 Å². The lowest BCUT2D eigenvalue weighted by molar-refractivity contribution is 0.152. The lowest BCUT2D eigenvalue weighted by Crippen LogP contribution is -2.39. The van der Waals surface area contributed by atoms with Gasteiger partial charge in [0.05, 0.1) is 19.8 Å². The molecule has 0 fully saturated rings. The smallest absolute Gasteiger partial charge is 0.191 e. The Morgan fingerprint density at radius 1 is 1.44 bits per heavy atom. The molecule has 0 aromatic heterocycles. The van der Waals surface area contributed by atoms with Crippen LogP contribution in [0.15, 0.2) is 16.6 Å². The Bertz CT molecular complexity index is 277. The van der Waals surface area contributed by atoms with Crippen molar-refractivity contribution in [3.8, 4) is 0 Å². The first-order valence-corrected chi connectivity index (χ1v) is 6.64. The second-order valence-electron chi connectivity index (χ2n) is 4.06. The molecule has 0 amide bonds. The van der Waals surface area contributed by atoms with Gasteiger partial charge >= 0.3 is 0 Å². The van der Waals surface area contributed by atoms with Crippen molar-refractivity contribution < 1.29 is 9.47 Å². The first-order valence-electron chi connectivity index (χ1n) is 6.64. The molecule has 0 bridgehead atoms.